The first-order chi connectivity index (χ1) is 10.5. The van der Waals surface area contributed by atoms with Crippen molar-refractivity contribution < 1.29 is 9.90 Å². The monoisotopic (exact) mass is 301 g/mol. The third kappa shape index (κ3) is 2.79. The van der Waals surface area contributed by atoms with Gasteiger partial charge in [-0.15, -0.1) is 0 Å². The number of anilines is 1. The van der Waals surface area contributed by atoms with Crippen molar-refractivity contribution in [2.24, 2.45) is 5.92 Å². The Balaban J connectivity index is 1.88. The molecule has 7 heteroatoms. The number of carbonyl (C=O) groups is 1. The molecule has 3 rings (SSSR count). The summed E-state index contributed by atoms with van der Waals surface area (Å²) in [5.74, 6) is 0.275. The highest BCUT2D eigenvalue weighted by Crippen LogP contribution is 2.22. The third-order valence-electron chi connectivity index (χ3n) is 3.93. The lowest BCUT2D eigenvalue weighted by Gasteiger charge is -2.31. The predicted molar refractivity (Wildman–Crippen MR) is 81.2 cm³/mol. The number of carboxylic acids is 1. The quantitative estimate of drug-likeness (QED) is 0.926. The minimum Gasteiger partial charge on any atom is -0.481 e. The van der Waals surface area contributed by atoms with Gasteiger partial charge in [-0.1, -0.05) is 0 Å². The van der Waals surface area contributed by atoms with E-state index in [1.54, 1.807) is 17.1 Å². The van der Waals surface area contributed by atoms with Crippen LogP contribution < -0.4 is 4.90 Å². The summed E-state index contributed by atoms with van der Waals surface area (Å²) >= 11 is 0. The molecule has 2 aromatic rings. The van der Waals surface area contributed by atoms with Gasteiger partial charge in [-0.05, 0) is 32.8 Å². The average molecular weight is 301 g/mol. The number of aryl methyl sites for hydroxylation is 2. The van der Waals surface area contributed by atoms with E-state index in [-0.39, 0.29) is 5.92 Å². The smallest absolute Gasteiger partial charge is 0.308 e. The van der Waals surface area contributed by atoms with Crippen molar-refractivity contribution in [3.05, 3.63) is 29.8 Å². The number of carboxylic acid groups (broad SMARTS) is 1. The Morgan fingerprint density at radius 2 is 2.09 bits per heavy atom. The van der Waals surface area contributed by atoms with E-state index < -0.39 is 5.97 Å². The van der Waals surface area contributed by atoms with Crippen LogP contribution in [0.5, 0.6) is 0 Å². The first-order valence-electron chi connectivity index (χ1n) is 7.38. The number of nitrogens with zero attached hydrogens (tertiary/aromatic N) is 5. The van der Waals surface area contributed by atoms with E-state index in [0.29, 0.717) is 18.2 Å². The van der Waals surface area contributed by atoms with Crippen LogP contribution in [0.15, 0.2) is 18.5 Å². The molecule has 0 spiro atoms. The van der Waals surface area contributed by atoms with Gasteiger partial charge in [0.15, 0.2) is 5.82 Å². The van der Waals surface area contributed by atoms with Crippen LogP contribution in [0.2, 0.25) is 0 Å². The van der Waals surface area contributed by atoms with E-state index >= 15 is 0 Å². The zero-order chi connectivity index (χ0) is 15.7. The summed E-state index contributed by atoms with van der Waals surface area (Å²) in [5, 5.41) is 13.6. The summed E-state index contributed by atoms with van der Waals surface area (Å²) in [7, 11) is 0. The van der Waals surface area contributed by atoms with Crippen molar-refractivity contribution in [1.82, 2.24) is 19.7 Å². The first kappa shape index (κ1) is 14.5. The maximum absolute atomic E-state index is 11.2. The SMILES string of the molecule is Cc1cc(C)n(-c2cncc(N3CCCC(C(=O)O)C3)n2)n1. The van der Waals surface area contributed by atoms with Gasteiger partial charge in [0, 0.05) is 18.8 Å². The Morgan fingerprint density at radius 1 is 1.32 bits per heavy atom. The summed E-state index contributed by atoms with van der Waals surface area (Å²) in [6, 6.07) is 1.98. The molecule has 1 unspecified atom stereocenters. The third-order valence-corrected chi connectivity index (χ3v) is 3.93. The van der Waals surface area contributed by atoms with Gasteiger partial charge in [0.25, 0.3) is 0 Å². The second-order valence-corrected chi connectivity index (χ2v) is 5.70. The standard InChI is InChI=1S/C15H19N5O2/c1-10-6-11(2)20(18-10)14-8-16-7-13(17-14)19-5-3-4-12(9-19)15(21)22/h6-8,12H,3-5,9H2,1-2H3,(H,21,22). The van der Waals surface area contributed by atoms with Crippen molar-refractivity contribution >= 4 is 11.8 Å². The van der Waals surface area contributed by atoms with Crippen molar-refractivity contribution in [3.8, 4) is 5.82 Å². The van der Waals surface area contributed by atoms with Gasteiger partial charge in [0.1, 0.15) is 5.82 Å². The number of rotatable bonds is 3. The van der Waals surface area contributed by atoms with Crippen LogP contribution in [0.25, 0.3) is 5.82 Å². The number of aliphatic carboxylic acids is 1. The Hall–Kier alpha value is -2.44. The molecule has 1 fully saturated rings. The lowest BCUT2D eigenvalue weighted by molar-refractivity contribution is -0.141. The van der Waals surface area contributed by atoms with Crippen molar-refractivity contribution in [2.75, 3.05) is 18.0 Å². The zero-order valence-corrected chi connectivity index (χ0v) is 12.7. The minimum atomic E-state index is -0.743. The Labute approximate surface area is 128 Å². The molecule has 1 aliphatic rings. The van der Waals surface area contributed by atoms with Crippen LogP contribution in [-0.2, 0) is 4.79 Å². The van der Waals surface area contributed by atoms with E-state index in [4.69, 9.17) is 0 Å². The maximum atomic E-state index is 11.2. The molecule has 1 aliphatic heterocycles. The molecule has 0 amide bonds. The lowest BCUT2D eigenvalue weighted by Crippen LogP contribution is -2.39. The second kappa shape index (κ2) is 5.75. The van der Waals surface area contributed by atoms with Gasteiger partial charge in [0.05, 0.1) is 24.0 Å². The molecule has 0 aliphatic carbocycles. The molecule has 0 aromatic carbocycles. The van der Waals surface area contributed by atoms with Crippen molar-refractivity contribution in [3.63, 3.8) is 0 Å². The molecule has 0 bridgehead atoms. The molecule has 1 N–H and O–H groups in total. The molecule has 22 heavy (non-hydrogen) atoms. The number of piperidine rings is 1. The molecule has 116 valence electrons. The topological polar surface area (TPSA) is 84.1 Å². The summed E-state index contributed by atoms with van der Waals surface area (Å²) in [6.07, 6.45) is 4.92. The summed E-state index contributed by atoms with van der Waals surface area (Å²) in [5.41, 5.74) is 1.92. The van der Waals surface area contributed by atoms with E-state index in [0.717, 1.165) is 30.8 Å². The van der Waals surface area contributed by atoms with Crippen LogP contribution in [0, 0.1) is 19.8 Å². The molecule has 0 saturated carbocycles. The van der Waals surface area contributed by atoms with E-state index in [9.17, 15) is 9.90 Å². The predicted octanol–water partition coefficient (Wildman–Crippen LogP) is 1.58. The minimum absolute atomic E-state index is 0.340. The van der Waals surface area contributed by atoms with Gasteiger partial charge in [-0.3, -0.25) is 9.78 Å². The Kier molecular flexibility index (Phi) is 3.79. The van der Waals surface area contributed by atoms with Crippen molar-refractivity contribution in [2.45, 2.75) is 26.7 Å². The van der Waals surface area contributed by atoms with Crippen LogP contribution in [0.3, 0.4) is 0 Å². The van der Waals surface area contributed by atoms with E-state index in [1.165, 1.54) is 0 Å². The molecule has 7 nitrogen and oxygen atoms in total. The highest BCUT2D eigenvalue weighted by atomic mass is 16.4. The van der Waals surface area contributed by atoms with E-state index in [1.807, 2.05) is 24.8 Å². The van der Waals surface area contributed by atoms with Crippen molar-refractivity contribution in [1.29, 1.82) is 0 Å². The summed E-state index contributed by atoms with van der Waals surface area (Å²) < 4.78 is 1.75. The fraction of sp³-hybridized carbons (Fsp3) is 0.467. The fourth-order valence-corrected chi connectivity index (χ4v) is 2.85. The normalized spacial score (nSPS) is 18.5. The largest absolute Gasteiger partial charge is 0.481 e. The van der Waals surface area contributed by atoms with Gasteiger partial charge in [-0.25, -0.2) is 9.67 Å². The zero-order valence-electron chi connectivity index (χ0n) is 12.7. The summed E-state index contributed by atoms with van der Waals surface area (Å²) in [6.45, 7) is 5.18. The van der Waals surface area contributed by atoms with Crippen LogP contribution >= 0.6 is 0 Å². The highest BCUT2D eigenvalue weighted by molar-refractivity contribution is 5.71. The van der Waals surface area contributed by atoms with Gasteiger partial charge >= 0.3 is 5.97 Å². The average Bonchev–Trinajstić information content (AvgIpc) is 2.86. The fourth-order valence-electron chi connectivity index (χ4n) is 2.85. The second-order valence-electron chi connectivity index (χ2n) is 5.70. The molecule has 0 radical (unpaired) electrons. The molecule has 1 saturated heterocycles. The molecular weight excluding hydrogens is 282 g/mol. The van der Waals surface area contributed by atoms with Gasteiger partial charge < -0.3 is 10.0 Å². The molecule has 2 aromatic heterocycles. The Morgan fingerprint density at radius 3 is 2.77 bits per heavy atom. The maximum Gasteiger partial charge on any atom is 0.308 e. The first-order valence-corrected chi connectivity index (χ1v) is 7.38. The lowest BCUT2D eigenvalue weighted by atomic mass is 9.98. The van der Waals surface area contributed by atoms with E-state index in [2.05, 4.69) is 15.1 Å². The number of hydrogen-bond donors (Lipinski definition) is 1. The molecule has 3 heterocycles. The number of hydrogen-bond acceptors (Lipinski definition) is 5. The highest BCUT2D eigenvalue weighted by Gasteiger charge is 2.26. The van der Waals surface area contributed by atoms with Gasteiger partial charge in [0.2, 0.25) is 0 Å². The Bertz CT molecular complexity index is 697. The van der Waals surface area contributed by atoms with Gasteiger partial charge in [-0.2, -0.15) is 5.10 Å². The number of aromatic nitrogens is 4. The molecule has 1 atom stereocenters. The van der Waals surface area contributed by atoms with Crippen LogP contribution in [0.4, 0.5) is 5.82 Å². The molecular formula is C15H19N5O2. The summed E-state index contributed by atoms with van der Waals surface area (Å²) in [4.78, 5) is 22.0. The van der Waals surface area contributed by atoms with Crippen LogP contribution in [-0.4, -0.2) is 43.9 Å². The van der Waals surface area contributed by atoms with Crippen LogP contribution in [0.1, 0.15) is 24.2 Å².